The second-order valence-corrected chi connectivity index (χ2v) is 6.27. The SMILES string of the molecule is CC(=O)c1cccc(Oc2cccc(Nc3ncnc4cc[nH]c34)c2Cl)c1. The molecule has 0 atom stereocenters. The Morgan fingerprint density at radius 1 is 1.15 bits per heavy atom. The fourth-order valence-corrected chi connectivity index (χ4v) is 2.90. The molecular weight excluding hydrogens is 364 g/mol. The minimum Gasteiger partial charge on any atom is -0.456 e. The van der Waals surface area contributed by atoms with E-state index in [0.29, 0.717) is 33.6 Å². The maximum atomic E-state index is 11.6. The summed E-state index contributed by atoms with van der Waals surface area (Å²) in [5.74, 6) is 1.60. The molecule has 0 saturated heterocycles. The molecule has 0 fully saturated rings. The number of carbonyl (C=O) groups excluding carboxylic acids is 1. The first-order valence-corrected chi connectivity index (χ1v) is 8.62. The highest BCUT2D eigenvalue weighted by Gasteiger charge is 2.12. The number of rotatable bonds is 5. The van der Waals surface area contributed by atoms with Gasteiger partial charge in [-0.2, -0.15) is 0 Å². The van der Waals surface area contributed by atoms with Gasteiger partial charge in [0.15, 0.2) is 11.6 Å². The van der Waals surface area contributed by atoms with Crippen LogP contribution in [-0.2, 0) is 0 Å². The molecule has 0 spiro atoms. The molecule has 0 aliphatic heterocycles. The number of nitrogens with zero attached hydrogens (tertiary/aromatic N) is 2. The zero-order chi connectivity index (χ0) is 18.8. The van der Waals surface area contributed by atoms with E-state index in [0.717, 1.165) is 11.0 Å². The van der Waals surface area contributed by atoms with Crippen molar-refractivity contribution in [2.45, 2.75) is 6.92 Å². The van der Waals surface area contributed by atoms with Gasteiger partial charge < -0.3 is 15.0 Å². The average Bonchev–Trinajstić information content (AvgIpc) is 3.15. The van der Waals surface area contributed by atoms with E-state index in [9.17, 15) is 4.79 Å². The van der Waals surface area contributed by atoms with Crippen LogP contribution in [0.2, 0.25) is 5.02 Å². The lowest BCUT2D eigenvalue weighted by atomic mass is 10.1. The Balaban J connectivity index is 1.64. The van der Waals surface area contributed by atoms with Crippen molar-refractivity contribution in [3.8, 4) is 11.5 Å². The first kappa shape index (κ1) is 17.1. The van der Waals surface area contributed by atoms with E-state index in [1.165, 1.54) is 13.3 Å². The Bertz CT molecular complexity index is 1140. The van der Waals surface area contributed by atoms with E-state index in [1.54, 1.807) is 36.5 Å². The van der Waals surface area contributed by atoms with Crippen LogP contribution in [0.15, 0.2) is 61.1 Å². The molecule has 0 bridgehead atoms. The van der Waals surface area contributed by atoms with E-state index < -0.39 is 0 Å². The number of halogens is 1. The number of nitrogens with one attached hydrogen (secondary N) is 2. The fourth-order valence-electron chi connectivity index (χ4n) is 2.69. The topological polar surface area (TPSA) is 79.9 Å². The molecule has 4 aromatic rings. The molecule has 7 heteroatoms. The summed E-state index contributed by atoms with van der Waals surface area (Å²) in [7, 11) is 0. The molecule has 2 heterocycles. The van der Waals surface area contributed by atoms with E-state index >= 15 is 0 Å². The van der Waals surface area contributed by atoms with Crippen molar-refractivity contribution in [1.82, 2.24) is 15.0 Å². The summed E-state index contributed by atoms with van der Waals surface area (Å²) in [4.78, 5) is 23.1. The molecule has 4 rings (SSSR count). The molecule has 0 aliphatic carbocycles. The lowest BCUT2D eigenvalue weighted by Crippen LogP contribution is -1.97. The van der Waals surface area contributed by atoms with Crippen molar-refractivity contribution in [3.05, 3.63) is 71.6 Å². The van der Waals surface area contributed by atoms with Gasteiger partial charge in [-0.15, -0.1) is 0 Å². The predicted molar refractivity (Wildman–Crippen MR) is 105 cm³/mol. The number of anilines is 2. The second kappa shape index (κ2) is 7.09. The van der Waals surface area contributed by atoms with Crippen molar-refractivity contribution in [1.29, 1.82) is 0 Å². The largest absolute Gasteiger partial charge is 0.456 e. The Labute approximate surface area is 160 Å². The number of H-pyrrole nitrogens is 1. The van der Waals surface area contributed by atoms with Crippen molar-refractivity contribution in [3.63, 3.8) is 0 Å². The average molecular weight is 379 g/mol. The predicted octanol–water partition coefficient (Wildman–Crippen LogP) is 5.35. The third-order valence-corrected chi connectivity index (χ3v) is 4.42. The molecule has 2 aromatic heterocycles. The molecule has 2 aromatic carbocycles. The maximum absolute atomic E-state index is 11.6. The van der Waals surface area contributed by atoms with Crippen LogP contribution < -0.4 is 10.1 Å². The molecular formula is C20H15ClN4O2. The van der Waals surface area contributed by atoms with Crippen molar-refractivity contribution >= 4 is 39.9 Å². The highest BCUT2D eigenvalue weighted by molar-refractivity contribution is 6.34. The summed E-state index contributed by atoms with van der Waals surface area (Å²) < 4.78 is 5.89. The van der Waals surface area contributed by atoms with E-state index in [4.69, 9.17) is 16.3 Å². The lowest BCUT2D eigenvalue weighted by Gasteiger charge is -2.13. The summed E-state index contributed by atoms with van der Waals surface area (Å²) in [6.45, 7) is 1.51. The van der Waals surface area contributed by atoms with E-state index in [1.807, 2.05) is 18.2 Å². The van der Waals surface area contributed by atoms with Crippen LogP contribution in [0.4, 0.5) is 11.5 Å². The molecule has 0 amide bonds. The highest BCUT2D eigenvalue weighted by atomic mass is 35.5. The van der Waals surface area contributed by atoms with Gasteiger partial charge in [-0.05, 0) is 37.3 Å². The molecule has 134 valence electrons. The van der Waals surface area contributed by atoms with Gasteiger partial charge in [-0.3, -0.25) is 4.79 Å². The standard InChI is InChI=1S/C20H15ClN4O2/c1-12(26)13-4-2-5-14(10-13)27-17-7-3-6-15(18(17)21)25-20-19-16(8-9-22-19)23-11-24-20/h2-11,22H,1H3,(H,23,24,25). The van der Waals surface area contributed by atoms with Crippen LogP contribution in [0.1, 0.15) is 17.3 Å². The zero-order valence-electron chi connectivity index (χ0n) is 14.4. The number of ether oxygens (including phenoxy) is 1. The van der Waals surface area contributed by atoms with Crippen molar-refractivity contribution in [2.24, 2.45) is 0 Å². The number of fused-ring (bicyclic) bond motifs is 1. The number of Topliss-reactive ketones (excluding diaryl/α,β-unsaturated/α-hetero) is 1. The van der Waals surface area contributed by atoms with Crippen LogP contribution in [0, 0.1) is 0 Å². The zero-order valence-corrected chi connectivity index (χ0v) is 15.1. The summed E-state index contributed by atoms with van der Waals surface area (Å²) in [6.07, 6.45) is 3.29. The van der Waals surface area contributed by atoms with Crippen LogP contribution in [0.5, 0.6) is 11.5 Å². The maximum Gasteiger partial charge on any atom is 0.159 e. The first-order chi connectivity index (χ1) is 13.1. The monoisotopic (exact) mass is 378 g/mol. The second-order valence-electron chi connectivity index (χ2n) is 5.89. The molecule has 0 aliphatic rings. The molecule has 0 unspecified atom stereocenters. The smallest absolute Gasteiger partial charge is 0.159 e. The number of aromatic nitrogens is 3. The number of carbonyl (C=O) groups is 1. The molecule has 0 saturated carbocycles. The molecule has 27 heavy (non-hydrogen) atoms. The number of benzene rings is 2. The number of aromatic amines is 1. The van der Waals surface area contributed by atoms with Gasteiger partial charge in [-0.1, -0.05) is 29.8 Å². The normalized spacial score (nSPS) is 10.7. The van der Waals surface area contributed by atoms with Crippen molar-refractivity contribution < 1.29 is 9.53 Å². The van der Waals surface area contributed by atoms with Crippen LogP contribution in [-0.4, -0.2) is 20.7 Å². The first-order valence-electron chi connectivity index (χ1n) is 8.24. The minimum absolute atomic E-state index is 0.0271. The van der Waals surface area contributed by atoms with Crippen molar-refractivity contribution in [2.75, 3.05) is 5.32 Å². The van der Waals surface area contributed by atoms with Crippen LogP contribution in [0.3, 0.4) is 0 Å². The number of ketones is 1. The van der Waals surface area contributed by atoms with Gasteiger partial charge >= 0.3 is 0 Å². The highest BCUT2D eigenvalue weighted by Crippen LogP contribution is 2.37. The molecule has 0 radical (unpaired) electrons. The summed E-state index contributed by atoms with van der Waals surface area (Å²) in [5, 5.41) is 3.62. The van der Waals surface area contributed by atoms with E-state index in [2.05, 4.69) is 20.3 Å². The Morgan fingerprint density at radius 3 is 2.85 bits per heavy atom. The number of hydrogen-bond acceptors (Lipinski definition) is 5. The summed E-state index contributed by atoms with van der Waals surface area (Å²) in [6, 6.07) is 14.3. The van der Waals surface area contributed by atoms with Gasteiger partial charge in [0.05, 0.1) is 11.2 Å². The quantitative estimate of drug-likeness (QED) is 0.457. The fraction of sp³-hybridized carbons (Fsp3) is 0.0500. The Morgan fingerprint density at radius 2 is 2.00 bits per heavy atom. The Hall–Kier alpha value is -3.38. The lowest BCUT2D eigenvalue weighted by molar-refractivity contribution is 0.101. The van der Waals surface area contributed by atoms with Gasteiger partial charge in [0, 0.05) is 11.8 Å². The third kappa shape index (κ3) is 3.47. The molecule has 6 nitrogen and oxygen atoms in total. The summed E-state index contributed by atoms with van der Waals surface area (Å²) >= 11 is 6.53. The molecule has 2 N–H and O–H groups in total. The van der Waals surface area contributed by atoms with E-state index in [-0.39, 0.29) is 5.78 Å². The third-order valence-electron chi connectivity index (χ3n) is 4.03. The Kier molecular flexibility index (Phi) is 4.48. The van der Waals surface area contributed by atoms with Gasteiger partial charge in [0.1, 0.15) is 28.4 Å². The van der Waals surface area contributed by atoms with Crippen LogP contribution in [0.25, 0.3) is 11.0 Å². The van der Waals surface area contributed by atoms with Gasteiger partial charge in [0.2, 0.25) is 0 Å². The number of hydrogen-bond donors (Lipinski definition) is 2. The van der Waals surface area contributed by atoms with Crippen LogP contribution >= 0.6 is 11.6 Å². The van der Waals surface area contributed by atoms with Gasteiger partial charge in [0.25, 0.3) is 0 Å². The summed E-state index contributed by atoms with van der Waals surface area (Å²) in [5.41, 5.74) is 2.81. The van der Waals surface area contributed by atoms with Gasteiger partial charge in [-0.25, -0.2) is 9.97 Å². The minimum atomic E-state index is -0.0271.